The third-order valence-corrected chi connectivity index (χ3v) is 4.58. The second-order valence-corrected chi connectivity index (χ2v) is 6.35. The Morgan fingerprint density at radius 2 is 2.04 bits per heavy atom. The van der Waals surface area contributed by atoms with Gasteiger partial charge in [0.2, 0.25) is 0 Å². The molecule has 1 heterocycles. The Kier molecular flexibility index (Phi) is 6.73. The summed E-state index contributed by atoms with van der Waals surface area (Å²) in [5.74, 6) is 0.615. The summed E-state index contributed by atoms with van der Waals surface area (Å²) in [4.78, 5) is 23.7. The van der Waals surface area contributed by atoms with Gasteiger partial charge in [0.25, 0.3) is 5.91 Å². The minimum atomic E-state index is -0.984. The highest BCUT2D eigenvalue weighted by Gasteiger charge is 2.15. The largest absolute Gasteiger partial charge is 0.456 e. The SMILES string of the molecule is NC(=O)N(O)CCNC(=O)c1cscc1Oc1ccc(SCl)cc1. The van der Waals surface area contributed by atoms with Gasteiger partial charge >= 0.3 is 6.03 Å². The Hall–Kier alpha value is -1.94. The van der Waals surface area contributed by atoms with Gasteiger partial charge in [-0.1, -0.05) is 0 Å². The van der Waals surface area contributed by atoms with Crippen molar-refractivity contribution in [2.45, 2.75) is 4.90 Å². The van der Waals surface area contributed by atoms with Crippen LogP contribution in [0.5, 0.6) is 11.5 Å². The first-order valence-corrected chi connectivity index (χ1v) is 9.26. The Morgan fingerprint density at radius 1 is 1.33 bits per heavy atom. The van der Waals surface area contributed by atoms with E-state index in [2.05, 4.69) is 5.32 Å². The molecule has 4 N–H and O–H groups in total. The van der Waals surface area contributed by atoms with Crippen molar-refractivity contribution >= 4 is 44.9 Å². The zero-order valence-corrected chi connectivity index (χ0v) is 14.7. The number of ether oxygens (including phenoxy) is 1. The van der Waals surface area contributed by atoms with Gasteiger partial charge in [-0.3, -0.25) is 10.0 Å². The molecule has 0 saturated heterocycles. The van der Waals surface area contributed by atoms with Crippen LogP contribution in [-0.2, 0) is 0 Å². The topological polar surface area (TPSA) is 105 Å². The molecule has 0 unspecified atom stereocenters. The molecule has 0 radical (unpaired) electrons. The quantitative estimate of drug-likeness (QED) is 0.499. The van der Waals surface area contributed by atoms with Gasteiger partial charge in [-0.15, -0.1) is 11.3 Å². The normalized spacial score (nSPS) is 10.2. The highest BCUT2D eigenvalue weighted by atomic mass is 35.7. The summed E-state index contributed by atoms with van der Waals surface area (Å²) in [5.41, 5.74) is 5.23. The van der Waals surface area contributed by atoms with E-state index in [-0.39, 0.29) is 19.0 Å². The lowest BCUT2D eigenvalue weighted by Gasteiger charge is -2.12. The minimum absolute atomic E-state index is 0.0508. The predicted molar refractivity (Wildman–Crippen MR) is 93.0 cm³/mol. The number of carbonyl (C=O) groups is 2. The maximum Gasteiger partial charge on any atom is 0.338 e. The maximum absolute atomic E-state index is 12.1. The summed E-state index contributed by atoms with van der Waals surface area (Å²) >= 11 is 1.32. The molecule has 1 aromatic carbocycles. The van der Waals surface area contributed by atoms with Gasteiger partial charge in [-0.05, 0) is 45.9 Å². The Balaban J connectivity index is 1.95. The lowest BCUT2D eigenvalue weighted by Crippen LogP contribution is -2.39. The lowest BCUT2D eigenvalue weighted by atomic mass is 10.3. The fraction of sp³-hybridized carbons (Fsp3) is 0.143. The van der Waals surface area contributed by atoms with Crippen LogP contribution in [0.15, 0.2) is 39.9 Å². The highest BCUT2D eigenvalue weighted by molar-refractivity contribution is 8.21. The fourth-order valence-corrected chi connectivity index (χ4v) is 2.97. The Morgan fingerprint density at radius 3 is 2.67 bits per heavy atom. The van der Waals surface area contributed by atoms with Crippen LogP contribution in [0.4, 0.5) is 4.79 Å². The summed E-state index contributed by atoms with van der Waals surface area (Å²) in [7, 11) is 6.76. The maximum atomic E-state index is 12.1. The number of rotatable bonds is 7. The molecule has 0 aliphatic heterocycles. The number of nitrogens with zero attached hydrogens (tertiary/aromatic N) is 1. The monoisotopic (exact) mass is 387 g/mol. The molecule has 0 fully saturated rings. The number of hydroxylamine groups is 2. The lowest BCUT2D eigenvalue weighted by molar-refractivity contribution is -0.0376. The van der Waals surface area contributed by atoms with Crippen molar-refractivity contribution in [1.29, 1.82) is 0 Å². The van der Waals surface area contributed by atoms with E-state index in [1.165, 1.54) is 11.3 Å². The van der Waals surface area contributed by atoms with Crippen molar-refractivity contribution in [3.05, 3.63) is 40.6 Å². The molecule has 7 nitrogen and oxygen atoms in total. The number of benzene rings is 1. The first kappa shape index (κ1) is 18.4. The molecule has 0 aliphatic rings. The molecule has 24 heavy (non-hydrogen) atoms. The zero-order valence-electron chi connectivity index (χ0n) is 12.3. The summed E-state index contributed by atoms with van der Waals surface area (Å²) in [5, 5.41) is 15.4. The van der Waals surface area contributed by atoms with Crippen LogP contribution < -0.4 is 15.8 Å². The van der Waals surface area contributed by atoms with E-state index in [9.17, 15) is 9.59 Å². The van der Waals surface area contributed by atoms with Crippen LogP contribution in [0.25, 0.3) is 0 Å². The van der Waals surface area contributed by atoms with Gasteiger partial charge in [-0.25, -0.2) is 9.86 Å². The molecule has 128 valence electrons. The first-order chi connectivity index (χ1) is 11.5. The molecule has 0 bridgehead atoms. The Labute approximate surface area is 150 Å². The van der Waals surface area contributed by atoms with Crippen LogP contribution in [0, 0.1) is 0 Å². The van der Waals surface area contributed by atoms with Crippen LogP contribution in [-0.4, -0.2) is 35.3 Å². The summed E-state index contributed by atoms with van der Waals surface area (Å²) in [6, 6.07) is 6.13. The second-order valence-electron chi connectivity index (χ2n) is 4.52. The number of thiophene rings is 1. The average molecular weight is 388 g/mol. The molecule has 3 amide bonds. The van der Waals surface area contributed by atoms with E-state index >= 15 is 0 Å². The van der Waals surface area contributed by atoms with Gasteiger partial charge in [0.05, 0.1) is 12.1 Å². The van der Waals surface area contributed by atoms with Gasteiger partial charge in [0, 0.05) is 22.2 Å². The van der Waals surface area contributed by atoms with Crippen molar-refractivity contribution in [2.24, 2.45) is 5.73 Å². The minimum Gasteiger partial charge on any atom is -0.456 e. The van der Waals surface area contributed by atoms with Gasteiger partial charge in [0.1, 0.15) is 5.75 Å². The van der Waals surface area contributed by atoms with Crippen LogP contribution in [0.2, 0.25) is 0 Å². The number of urea groups is 1. The number of halogens is 1. The molecule has 2 rings (SSSR count). The van der Waals surface area contributed by atoms with E-state index in [1.807, 2.05) is 0 Å². The van der Waals surface area contributed by atoms with Gasteiger partial charge in [0.15, 0.2) is 5.75 Å². The standard InChI is InChI=1S/C14H14ClN3O4S2/c15-24-10-3-1-9(2-4-10)22-12-8-23-7-11(12)13(19)17-5-6-18(21)14(16)20/h1-4,7-8,21H,5-6H2,(H2,16,20)(H,17,19). The molecular formula is C14H14ClN3O4S2. The van der Waals surface area contributed by atoms with E-state index in [4.69, 9.17) is 26.4 Å². The molecule has 10 heteroatoms. The third kappa shape index (κ3) is 5.03. The molecular weight excluding hydrogens is 374 g/mol. The number of nitrogens with two attached hydrogens (primary N) is 1. The molecule has 0 aliphatic carbocycles. The van der Waals surface area contributed by atoms with Crippen molar-refractivity contribution in [3.8, 4) is 11.5 Å². The van der Waals surface area contributed by atoms with Crippen molar-refractivity contribution in [2.75, 3.05) is 13.1 Å². The zero-order chi connectivity index (χ0) is 17.5. The van der Waals surface area contributed by atoms with Crippen LogP contribution in [0.3, 0.4) is 0 Å². The first-order valence-electron chi connectivity index (χ1n) is 6.68. The van der Waals surface area contributed by atoms with Crippen molar-refractivity contribution < 1.29 is 19.5 Å². The highest BCUT2D eigenvalue weighted by Crippen LogP contribution is 2.30. The number of primary amides is 1. The predicted octanol–water partition coefficient (Wildman–Crippen LogP) is 3.29. The number of hydrogen-bond acceptors (Lipinski definition) is 6. The van der Waals surface area contributed by atoms with Gasteiger partial charge < -0.3 is 15.8 Å². The second kappa shape index (κ2) is 8.78. The van der Waals surface area contributed by atoms with E-state index in [1.54, 1.807) is 35.0 Å². The number of carbonyl (C=O) groups excluding carboxylic acids is 2. The van der Waals surface area contributed by atoms with Crippen molar-refractivity contribution in [3.63, 3.8) is 0 Å². The van der Waals surface area contributed by atoms with E-state index in [0.29, 0.717) is 22.1 Å². The smallest absolute Gasteiger partial charge is 0.338 e. The summed E-state index contributed by atoms with van der Waals surface area (Å²) in [6.07, 6.45) is 0. The Bertz CT molecular complexity index is 708. The number of nitrogens with one attached hydrogen (secondary N) is 1. The number of hydrogen-bond donors (Lipinski definition) is 3. The summed E-state index contributed by atoms with van der Waals surface area (Å²) in [6.45, 7) is -0.0614. The fourth-order valence-electron chi connectivity index (χ4n) is 1.70. The number of amides is 3. The molecule has 2 aromatic rings. The van der Waals surface area contributed by atoms with Crippen LogP contribution >= 0.6 is 33.0 Å². The molecule has 0 spiro atoms. The average Bonchev–Trinajstić information content (AvgIpc) is 3.03. The summed E-state index contributed by atoms with van der Waals surface area (Å²) < 4.78 is 5.70. The third-order valence-electron chi connectivity index (χ3n) is 2.88. The molecule has 0 atom stereocenters. The molecule has 1 aromatic heterocycles. The van der Waals surface area contributed by atoms with Gasteiger partial charge in [-0.2, -0.15) is 0 Å². The van der Waals surface area contributed by atoms with Crippen LogP contribution in [0.1, 0.15) is 10.4 Å². The van der Waals surface area contributed by atoms with E-state index in [0.717, 1.165) is 15.9 Å². The van der Waals surface area contributed by atoms with E-state index < -0.39 is 6.03 Å². The molecule has 0 saturated carbocycles. The van der Waals surface area contributed by atoms with Crippen molar-refractivity contribution in [1.82, 2.24) is 10.4 Å².